The van der Waals surface area contributed by atoms with E-state index in [2.05, 4.69) is 9.72 Å². The van der Waals surface area contributed by atoms with Gasteiger partial charge in [0.25, 0.3) is 0 Å². The number of pyridine rings is 1. The van der Waals surface area contributed by atoms with Crippen LogP contribution in [0.4, 0.5) is 0 Å². The molecule has 0 radical (unpaired) electrons. The van der Waals surface area contributed by atoms with E-state index in [4.69, 9.17) is 5.11 Å². The zero-order valence-electron chi connectivity index (χ0n) is 5.42. The van der Waals surface area contributed by atoms with E-state index in [1.807, 2.05) is 0 Å². The molecular weight excluding hydrogens is 134 g/mol. The molecule has 0 unspecified atom stereocenters. The van der Waals surface area contributed by atoms with Gasteiger partial charge in [0.2, 0.25) is 17.1 Å². The quantitative estimate of drug-likeness (QED) is 0.582. The fourth-order valence-electron chi connectivity index (χ4n) is 0.608. The van der Waals surface area contributed by atoms with E-state index < -0.39 is 5.43 Å². The molecule has 0 saturated heterocycles. The molecule has 0 aliphatic carbocycles. The van der Waals surface area contributed by atoms with Gasteiger partial charge >= 0.3 is 0 Å². The summed E-state index contributed by atoms with van der Waals surface area (Å²) in [5.74, 6) is -0.294. The van der Waals surface area contributed by atoms with E-state index in [9.17, 15) is 4.79 Å². The van der Waals surface area contributed by atoms with Crippen molar-refractivity contribution in [3.05, 3.63) is 22.5 Å². The smallest absolute Gasteiger partial charge is 0.238 e. The van der Waals surface area contributed by atoms with Gasteiger partial charge in [-0.25, -0.2) is 0 Å². The van der Waals surface area contributed by atoms with E-state index in [1.165, 1.54) is 19.4 Å². The summed E-state index contributed by atoms with van der Waals surface area (Å²) >= 11 is 0. The Morgan fingerprint density at radius 3 is 2.90 bits per heavy atom. The lowest BCUT2D eigenvalue weighted by Crippen LogP contribution is -2.00. The first-order chi connectivity index (χ1) is 4.75. The van der Waals surface area contributed by atoms with E-state index in [0.29, 0.717) is 0 Å². The summed E-state index contributed by atoms with van der Waals surface area (Å²) in [5, 5.41) is 8.93. The molecule has 0 spiro atoms. The van der Waals surface area contributed by atoms with Gasteiger partial charge in [-0.05, 0) is 0 Å². The van der Waals surface area contributed by atoms with Crippen molar-refractivity contribution in [2.45, 2.75) is 0 Å². The van der Waals surface area contributed by atoms with Gasteiger partial charge in [-0.3, -0.25) is 4.79 Å². The number of rotatable bonds is 1. The molecule has 1 rings (SSSR count). The highest BCUT2D eigenvalue weighted by molar-refractivity contribution is 5.30. The Bertz CT molecular complexity index is 279. The Morgan fingerprint density at radius 2 is 2.40 bits per heavy atom. The minimum absolute atomic E-state index is 0.0903. The number of ether oxygens (including phenoxy) is 1. The van der Waals surface area contributed by atoms with Crippen LogP contribution >= 0.6 is 0 Å². The maximum Gasteiger partial charge on any atom is 0.238 e. The third-order valence-corrected chi connectivity index (χ3v) is 1.10. The van der Waals surface area contributed by atoms with Crippen molar-refractivity contribution in [2.75, 3.05) is 7.11 Å². The van der Waals surface area contributed by atoms with Crippen LogP contribution in [0.1, 0.15) is 0 Å². The van der Waals surface area contributed by atoms with Crippen molar-refractivity contribution in [3.63, 3.8) is 0 Å². The van der Waals surface area contributed by atoms with Crippen LogP contribution in [0, 0.1) is 0 Å². The van der Waals surface area contributed by atoms with Crippen LogP contribution in [-0.4, -0.2) is 17.2 Å². The number of nitrogens with one attached hydrogen (secondary N) is 1. The molecule has 1 aromatic heterocycles. The van der Waals surface area contributed by atoms with Crippen LogP contribution in [0.3, 0.4) is 0 Å². The number of hydrogen-bond acceptors (Lipinski definition) is 3. The van der Waals surface area contributed by atoms with Gasteiger partial charge in [-0.1, -0.05) is 0 Å². The molecule has 0 aromatic carbocycles. The summed E-state index contributed by atoms with van der Waals surface area (Å²) in [7, 11) is 1.37. The minimum Gasteiger partial charge on any atom is -0.500 e. The van der Waals surface area contributed by atoms with Crippen molar-refractivity contribution >= 4 is 0 Å². The van der Waals surface area contributed by atoms with Gasteiger partial charge in [0.1, 0.15) is 0 Å². The molecule has 4 heteroatoms. The van der Waals surface area contributed by atoms with Crippen LogP contribution in [0.5, 0.6) is 11.6 Å². The zero-order valence-corrected chi connectivity index (χ0v) is 5.42. The molecule has 0 fully saturated rings. The second kappa shape index (κ2) is 2.43. The predicted octanol–water partition coefficient (Wildman–Crippen LogP) is 0.0891. The minimum atomic E-state index is -0.449. The van der Waals surface area contributed by atoms with Gasteiger partial charge in [0.15, 0.2) is 0 Å². The van der Waals surface area contributed by atoms with Crippen molar-refractivity contribution in [2.24, 2.45) is 0 Å². The van der Waals surface area contributed by atoms with Gasteiger partial charge < -0.3 is 14.8 Å². The molecule has 54 valence electrons. The SMILES string of the molecule is COc1[nH]ccc(=O)c1O. The van der Waals surface area contributed by atoms with Crippen LogP contribution in [0.2, 0.25) is 0 Å². The monoisotopic (exact) mass is 141 g/mol. The van der Waals surface area contributed by atoms with Gasteiger partial charge in [0.05, 0.1) is 7.11 Å². The first-order valence-electron chi connectivity index (χ1n) is 2.70. The first-order valence-corrected chi connectivity index (χ1v) is 2.70. The Labute approximate surface area is 57.1 Å². The number of aromatic hydroxyl groups is 1. The third-order valence-electron chi connectivity index (χ3n) is 1.10. The summed E-state index contributed by atoms with van der Waals surface area (Å²) in [6.07, 6.45) is 1.40. The summed E-state index contributed by atoms with van der Waals surface area (Å²) in [5.41, 5.74) is -0.449. The summed E-state index contributed by atoms with van der Waals surface area (Å²) in [6, 6.07) is 1.22. The predicted molar refractivity (Wildman–Crippen MR) is 35.3 cm³/mol. The van der Waals surface area contributed by atoms with E-state index >= 15 is 0 Å². The lowest BCUT2D eigenvalue weighted by molar-refractivity contribution is 0.356. The molecular formula is C6H7NO3. The fraction of sp³-hybridized carbons (Fsp3) is 0.167. The number of H-pyrrole nitrogens is 1. The third kappa shape index (κ3) is 0.953. The zero-order chi connectivity index (χ0) is 7.56. The standard InChI is InChI=1S/C6H7NO3/c1-10-6-5(9)4(8)2-3-7-6/h2-3,9H,1H3,(H,7,8). The summed E-state index contributed by atoms with van der Waals surface area (Å²) < 4.78 is 4.62. The Hall–Kier alpha value is -1.45. The number of methoxy groups -OCH3 is 1. The maximum absolute atomic E-state index is 10.6. The van der Waals surface area contributed by atoms with Crippen LogP contribution in [0.25, 0.3) is 0 Å². The highest BCUT2D eigenvalue weighted by Gasteiger charge is 2.02. The van der Waals surface area contributed by atoms with Gasteiger partial charge in [0, 0.05) is 12.3 Å². The van der Waals surface area contributed by atoms with E-state index in [-0.39, 0.29) is 11.6 Å². The van der Waals surface area contributed by atoms with Crippen LogP contribution < -0.4 is 10.2 Å². The van der Waals surface area contributed by atoms with E-state index in [0.717, 1.165) is 0 Å². The second-order valence-electron chi connectivity index (χ2n) is 1.72. The molecule has 0 saturated carbocycles. The highest BCUT2D eigenvalue weighted by atomic mass is 16.5. The number of aromatic amines is 1. The Balaban J connectivity index is 3.28. The molecule has 0 atom stereocenters. The normalized spacial score (nSPS) is 9.30. The Kier molecular flexibility index (Phi) is 1.62. The maximum atomic E-state index is 10.6. The Morgan fingerprint density at radius 1 is 1.70 bits per heavy atom. The molecule has 0 aliphatic heterocycles. The largest absolute Gasteiger partial charge is 0.500 e. The average molecular weight is 141 g/mol. The molecule has 1 heterocycles. The second-order valence-corrected chi connectivity index (χ2v) is 1.72. The summed E-state index contributed by atoms with van der Waals surface area (Å²) in [6.45, 7) is 0. The molecule has 0 bridgehead atoms. The summed E-state index contributed by atoms with van der Waals surface area (Å²) in [4.78, 5) is 13.2. The van der Waals surface area contributed by atoms with Crippen LogP contribution in [0.15, 0.2) is 17.1 Å². The lowest BCUT2D eigenvalue weighted by Gasteiger charge is -1.98. The van der Waals surface area contributed by atoms with Gasteiger partial charge in [-0.2, -0.15) is 0 Å². The van der Waals surface area contributed by atoms with Gasteiger partial charge in [-0.15, -0.1) is 0 Å². The number of hydrogen-bond donors (Lipinski definition) is 2. The average Bonchev–Trinajstić information content (AvgIpc) is 1.95. The van der Waals surface area contributed by atoms with Crippen molar-refractivity contribution in [1.29, 1.82) is 0 Å². The molecule has 0 aliphatic rings. The molecule has 1 aromatic rings. The molecule has 2 N–H and O–H groups in total. The van der Waals surface area contributed by atoms with Crippen molar-refractivity contribution in [1.82, 2.24) is 4.98 Å². The molecule has 4 nitrogen and oxygen atoms in total. The molecule has 0 amide bonds. The topological polar surface area (TPSA) is 62.3 Å². The van der Waals surface area contributed by atoms with Crippen molar-refractivity contribution in [3.8, 4) is 11.6 Å². The highest BCUT2D eigenvalue weighted by Crippen LogP contribution is 2.14. The lowest BCUT2D eigenvalue weighted by atomic mass is 10.4. The van der Waals surface area contributed by atoms with E-state index in [1.54, 1.807) is 0 Å². The molecule has 10 heavy (non-hydrogen) atoms. The van der Waals surface area contributed by atoms with Crippen LogP contribution in [-0.2, 0) is 0 Å². The fourth-order valence-corrected chi connectivity index (χ4v) is 0.608. The van der Waals surface area contributed by atoms with Crippen molar-refractivity contribution < 1.29 is 9.84 Å². The number of aromatic nitrogens is 1. The first kappa shape index (κ1) is 6.67.